The lowest BCUT2D eigenvalue weighted by atomic mass is 10.0. The van der Waals surface area contributed by atoms with Gasteiger partial charge in [-0.25, -0.2) is 4.79 Å². The number of carbonyl (C=O) groups excluding carboxylic acids is 2. The Morgan fingerprint density at radius 3 is 2.47 bits per heavy atom. The van der Waals surface area contributed by atoms with Gasteiger partial charge in [-0.05, 0) is 54.3 Å². The van der Waals surface area contributed by atoms with Crippen molar-refractivity contribution in [3.05, 3.63) is 84.2 Å². The molecular weight excluding hydrogens is 376 g/mol. The Bertz CT molecular complexity index is 1050. The van der Waals surface area contributed by atoms with Gasteiger partial charge in [0.05, 0.1) is 12.6 Å². The van der Waals surface area contributed by atoms with E-state index in [0.29, 0.717) is 6.54 Å². The number of anilines is 1. The van der Waals surface area contributed by atoms with Crippen molar-refractivity contribution in [1.29, 1.82) is 0 Å². The van der Waals surface area contributed by atoms with Crippen molar-refractivity contribution in [3.8, 4) is 11.1 Å². The van der Waals surface area contributed by atoms with Crippen LogP contribution >= 0.6 is 0 Å². The summed E-state index contributed by atoms with van der Waals surface area (Å²) < 4.78 is 0. The van der Waals surface area contributed by atoms with Gasteiger partial charge in [-0.1, -0.05) is 42.5 Å². The monoisotopic (exact) mass is 400 g/mol. The van der Waals surface area contributed by atoms with Gasteiger partial charge >= 0.3 is 6.03 Å². The molecule has 3 amide bonds. The second-order valence-electron chi connectivity index (χ2n) is 7.48. The van der Waals surface area contributed by atoms with Gasteiger partial charge in [0.15, 0.2) is 0 Å². The predicted molar refractivity (Wildman–Crippen MR) is 117 cm³/mol. The number of hydrogen-bond donors (Lipinski definition) is 2. The molecule has 4 rings (SSSR count). The number of pyridine rings is 1. The highest BCUT2D eigenvalue weighted by Crippen LogP contribution is 2.24. The van der Waals surface area contributed by atoms with Gasteiger partial charge in [-0.2, -0.15) is 0 Å². The maximum Gasteiger partial charge on any atom is 0.318 e. The minimum atomic E-state index is -0.571. The number of para-hydroxylation sites is 1. The number of nitrogens with one attached hydrogen (secondary N) is 2. The summed E-state index contributed by atoms with van der Waals surface area (Å²) in [6, 6.07) is 18.5. The van der Waals surface area contributed by atoms with Crippen LogP contribution in [0.4, 0.5) is 10.5 Å². The van der Waals surface area contributed by atoms with Crippen molar-refractivity contribution in [2.24, 2.45) is 0 Å². The smallest absolute Gasteiger partial charge is 0.318 e. The van der Waals surface area contributed by atoms with Crippen LogP contribution < -0.4 is 10.6 Å². The average molecular weight is 400 g/mol. The second kappa shape index (κ2) is 8.37. The van der Waals surface area contributed by atoms with E-state index in [4.69, 9.17) is 0 Å². The number of fused-ring (bicyclic) bond motifs is 1. The first-order chi connectivity index (χ1) is 14.5. The number of amides is 3. The molecule has 1 aliphatic rings. The third-order valence-corrected chi connectivity index (χ3v) is 5.49. The van der Waals surface area contributed by atoms with E-state index in [9.17, 15) is 9.59 Å². The van der Waals surface area contributed by atoms with Gasteiger partial charge in [0.2, 0.25) is 5.91 Å². The Kier molecular flexibility index (Phi) is 5.48. The third-order valence-electron chi connectivity index (χ3n) is 5.49. The molecule has 0 saturated carbocycles. The molecule has 30 heavy (non-hydrogen) atoms. The number of benzene rings is 2. The van der Waals surface area contributed by atoms with E-state index >= 15 is 0 Å². The first-order valence-corrected chi connectivity index (χ1v) is 9.99. The Hall–Kier alpha value is -3.67. The first kappa shape index (κ1) is 19.6. The molecule has 3 aromatic rings. The highest BCUT2D eigenvalue weighted by molar-refractivity contribution is 5.98. The number of rotatable bonds is 3. The Morgan fingerprint density at radius 2 is 1.73 bits per heavy atom. The van der Waals surface area contributed by atoms with Gasteiger partial charge in [-0.15, -0.1) is 0 Å². The van der Waals surface area contributed by atoms with Crippen LogP contribution in [0.25, 0.3) is 11.1 Å². The SMILES string of the molecule is CC(NC(=O)N1Cc2ccccc2NC(=O)C1C)c1ccc(-c2ccncc2)cc1. The lowest BCUT2D eigenvalue weighted by Crippen LogP contribution is -2.48. The molecule has 2 aromatic carbocycles. The van der Waals surface area contributed by atoms with E-state index in [2.05, 4.69) is 15.6 Å². The zero-order valence-corrected chi connectivity index (χ0v) is 17.0. The highest BCUT2D eigenvalue weighted by Gasteiger charge is 2.30. The summed E-state index contributed by atoms with van der Waals surface area (Å²) in [7, 11) is 0. The normalized spacial score (nSPS) is 16.8. The lowest BCUT2D eigenvalue weighted by Gasteiger charge is -2.28. The lowest BCUT2D eigenvalue weighted by molar-refractivity contribution is -0.119. The molecule has 6 heteroatoms. The Morgan fingerprint density at radius 1 is 1.07 bits per heavy atom. The van der Waals surface area contributed by atoms with Crippen molar-refractivity contribution in [2.45, 2.75) is 32.5 Å². The van der Waals surface area contributed by atoms with E-state index in [1.807, 2.05) is 67.6 Å². The van der Waals surface area contributed by atoms with Crippen LogP contribution in [0.1, 0.15) is 31.0 Å². The number of aromatic nitrogens is 1. The van der Waals surface area contributed by atoms with Gasteiger partial charge in [0.25, 0.3) is 0 Å². The van der Waals surface area contributed by atoms with Gasteiger partial charge < -0.3 is 15.5 Å². The summed E-state index contributed by atoms with van der Waals surface area (Å²) in [6.45, 7) is 4.06. The molecule has 0 saturated heterocycles. The predicted octanol–water partition coefficient (Wildman–Crippen LogP) is 4.36. The van der Waals surface area contributed by atoms with Crippen LogP contribution in [0.3, 0.4) is 0 Å². The molecule has 2 atom stereocenters. The van der Waals surface area contributed by atoms with E-state index in [1.54, 1.807) is 24.2 Å². The second-order valence-corrected chi connectivity index (χ2v) is 7.48. The van der Waals surface area contributed by atoms with Crippen molar-refractivity contribution in [3.63, 3.8) is 0 Å². The zero-order valence-electron chi connectivity index (χ0n) is 17.0. The summed E-state index contributed by atoms with van der Waals surface area (Å²) in [5.41, 5.74) is 4.85. The molecule has 0 radical (unpaired) electrons. The van der Waals surface area contributed by atoms with Crippen molar-refractivity contribution >= 4 is 17.6 Å². The molecule has 0 fully saturated rings. The summed E-state index contributed by atoms with van der Waals surface area (Å²) in [5, 5.41) is 5.93. The molecule has 0 spiro atoms. The molecule has 6 nitrogen and oxygen atoms in total. The molecule has 0 bridgehead atoms. The number of nitrogens with zero attached hydrogens (tertiary/aromatic N) is 2. The minimum Gasteiger partial charge on any atom is -0.331 e. The molecule has 0 aliphatic carbocycles. The van der Waals surface area contributed by atoms with Crippen LogP contribution in [-0.2, 0) is 11.3 Å². The maximum atomic E-state index is 13.0. The van der Waals surface area contributed by atoms with E-state index in [-0.39, 0.29) is 18.0 Å². The number of hydrogen-bond acceptors (Lipinski definition) is 3. The van der Waals surface area contributed by atoms with Crippen LogP contribution in [0.15, 0.2) is 73.1 Å². The number of urea groups is 1. The fraction of sp³-hybridized carbons (Fsp3) is 0.208. The van der Waals surface area contributed by atoms with Gasteiger partial charge in [0.1, 0.15) is 6.04 Å². The largest absolute Gasteiger partial charge is 0.331 e. The van der Waals surface area contributed by atoms with E-state index in [1.165, 1.54) is 0 Å². The molecule has 2 N–H and O–H groups in total. The average Bonchev–Trinajstić information content (AvgIpc) is 2.90. The van der Waals surface area contributed by atoms with E-state index < -0.39 is 6.04 Å². The molecule has 1 aromatic heterocycles. The van der Waals surface area contributed by atoms with Crippen LogP contribution in [0, 0.1) is 0 Å². The fourth-order valence-electron chi connectivity index (χ4n) is 3.59. The summed E-state index contributed by atoms with van der Waals surface area (Å²) in [5.74, 6) is -0.190. The van der Waals surface area contributed by atoms with Crippen LogP contribution in [-0.4, -0.2) is 27.9 Å². The summed E-state index contributed by atoms with van der Waals surface area (Å²) in [6.07, 6.45) is 3.53. The van der Waals surface area contributed by atoms with Crippen molar-refractivity contribution in [2.75, 3.05) is 5.32 Å². The maximum absolute atomic E-state index is 13.0. The zero-order chi connectivity index (χ0) is 21.1. The highest BCUT2D eigenvalue weighted by atomic mass is 16.2. The fourth-order valence-corrected chi connectivity index (χ4v) is 3.59. The number of carbonyl (C=O) groups is 2. The molecule has 2 unspecified atom stereocenters. The van der Waals surface area contributed by atoms with Crippen LogP contribution in [0.5, 0.6) is 0 Å². The minimum absolute atomic E-state index is 0.190. The standard InChI is InChI=1S/C24H24N4O2/c1-16(18-7-9-19(10-8-18)20-11-13-25-14-12-20)26-24(30)28-15-21-5-3-4-6-22(21)27-23(29)17(28)2/h3-14,16-17H,15H2,1-2H3,(H,26,30)(H,27,29). The third kappa shape index (κ3) is 4.03. The van der Waals surface area contributed by atoms with Gasteiger partial charge in [0, 0.05) is 18.1 Å². The van der Waals surface area contributed by atoms with Crippen molar-refractivity contribution < 1.29 is 9.59 Å². The molecule has 1 aliphatic heterocycles. The van der Waals surface area contributed by atoms with E-state index in [0.717, 1.165) is 27.9 Å². The van der Waals surface area contributed by atoms with Gasteiger partial charge in [-0.3, -0.25) is 9.78 Å². The summed E-state index contributed by atoms with van der Waals surface area (Å²) in [4.78, 5) is 31.1. The topological polar surface area (TPSA) is 74.3 Å². The Balaban J connectivity index is 1.48. The molecular formula is C24H24N4O2. The molecule has 2 heterocycles. The quantitative estimate of drug-likeness (QED) is 0.686. The van der Waals surface area contributed by atoms with Crippen LogP contribution in [0.2, 0.25) is 0 Å². The molecule has 152 valence electrons. The van der Waals surface area contributed by atoms with Crippen molar-refractivity contribution in [1.82, 2.24) is 15.2 Å². The first-order valence-electron chi connectivity index (χ1n) is 9.99. The Labute approximate surface area is 175 Å². The summed E-state index contributed by atoms with van der Waals surface area (Å²) >= 11 is 0.